The van der Waals surface area contributed by atoms with Crippen molar-refractivity contribution in [3.05, 3.63) is 29.8 Å². The average molecular weight is 260 g/mol. The van der Waals surface area contributed by atoms with Crippen molar-refractivity contribution < 1.29 is 18.0 Å². The van der Waals surface area contributed by atoms with Gasteiger partial charge in [-0.1, -0.05) is 19.1 Å². The maximum atomic E-state index is 12.7. The molecule has 0 aliphatic carbocycles. The Morgan fingerprint density at radius 1 is 1.39 bits per heavy atom. The summed E-state index contributed by atoms with van der Waals surface area (Å²) in [4.78, 5) is 11.6. The molecule has 18 heavy (non-hydrogen) atoms. The van der Waals surface area contributed by atoms with Gasteiger partial charge in [0.2, 0.25) is 5.91 Å². The van der Waals surface area contributed by atoms with E-state index < -0.39 is 23.6 Å². The first-order chi connectivity index (χ1) is 8.36. The van der Waals surface area contributed by atoms with E-state index in [2.05, 4.69) is 5.32 Å². The minimum absolute atomic E-state index is 0.223. The third-order valence-electron chi connectivity index (χ3n) is 2.54. The molecule has 0 saturated heterocycles. The number of anilines is 1. The van der Waals surface area contributed by atoms with Crippen LogP contribution in [0.25, 0.3) is 0 Å². The maximum Gasteiger partial charge on any atom is 0.418 e. The molecule has 0 aliphatic rings. The van der Waals surface area contributed by atoms with E-state index >= 15 is 0 Å². The van der Waals surface area contributed by atoms with Crippen LogP contribution >= 0.6 is 0 Å². The summed E-state index contributed by atoms with van der Waals surface area (Å²) in [6, 6.07) is 4.89. The number of carbonyl (C=O) groups excluding carboxylic acids is 1. The molecule has 100 valence electrons. The van der Waals surface area contributed by atoms with Gasteiger partial charge in [-0.25, -0.2) is 0 Å². The molecule has 0 aromatic heterocycles. The first-order valence-corrected chi connectivity index (χ1v) is 5.53. The molecule has 1 rings (SSSR count). The lowest BCUT2D eigenvalue weighted by molar-refractivity contribution is -0.137. The van der Waals surface area contributed by atoms with E-state index in [0.717, 1.165) is 6.07 Å². The highest BCUT2D eigenvalue weighted by molar-refractivity contribution is 5.93. The Bertz CT molecular complexity index is 418. The van der Waals surface area contributed by atoms with Crippen LogP contribution in [0.4, 0.5) is 18.9 Å². The molecule has 3 N–H and O–H groups in total. The first kappa shape index (κ1) is 14.5. The Kier molecular flexibility index (Phi) is 4.72. The Balaban J connectivity index is 2.88. The van der Waals surface area contributed by atoms with Crippen molar-refractivity contribution in [3.8, 4) is 0 Å². The van der Waals surface area contributed by atoms with E-state index in [1.165, 1.54) is 18.2 Å². The standard InChI is InChI=1S/C12H15F3N2O/c1-8(6-7-16)11(18)17-10-5-3-2-4-9(10)12(13,14)15/h2-5,8H,6-7,16H2,1H3,(H,17,18). The molecule has 1 atom stereocenters. The van der Waals surface area contributed by atoms with Crippen molar-refractivity contribution in [3.63, 3.8) is 0 Å². The first-order valence-electron chi connectivity index (χ1n) is 5.53. The van der Waals surface area contributed by atoms with Crippen molar-refractivity contribution in [1.82, 2.24) is 0 Å². The van der Waals surface area contributed by atoms with Crippen LogP contribution in [0.15, 0.2) is 24.3 Å². The van der Waals surface area contributed by atoms with Crippen LogP contribution in [0.3, 0.4) is 0 Å². The zero-order valence-electron chi connectivity index (χ0n) is 9.92. The van der Waals surface area contributed by atoms with Crippen molar-refractivity contribution in [2.45, 2.75) is 19.5 Å². The van der Waals surface area contributed by atoms with Gasteiger partial charge in [0.15, 0.2) is 0 Å². The number of amides is 1. The molecule has 0 aliphatic heterocycles. The molecule has 1 aromatic carbocycles. The molecule has 0 spiro atoms. The van der Waals surface area contributed by atoms with Gasteiger partial charge >= 0.3 is 6.18 Å². The molecule has 1 unspecified atom stereocenters. The smallest absolute Gasteiger partial charge is 0.330 e. The number of para-hydroxylation sites is 1. The lowest BCUT2D eigenvalue weighted by Gasteiger charge is -2.15. The number of hydrogen-bond donors (Lipinski definition) is 2. The fourth-order valence-corrected chi connectivity index (χ4v) is 1.48. The van der Waals surface area contributed by atoms with Gasteiger partial charge < -0.3 is 11.1 Å². The van der Waals surface area contributed by atoms with Gasteiger partial charge in [-0.15, -0.1) is 0 Å². The quantitative estimate of drug-likeness (QED) is 0.874. The second-order valence-electron chi connectivity index (χ2n) is 4.01. The fourth-order valence-electron chi connectivity index (χ4n) is 1.48. The summed E-state index contributed by atoms with van der Waals surface area (Å²) in [5, 5.41) is 2.29. The minimum Gasteiger partial charge on any atom is -0.330 e. The minimum atomic E-state index is -4.49. The number of benzene rings is 1. The summed E-state index contributed by atoms with van der Waals surface area (Å²) < 4.78 is 38.0. The lowest BCUT2D eigenvalue weighted by atomic mass is 10.1. The maximum absolute atomic E-state index is 12.7. The van der Waals surface area contributed by atoms with Crippen molar-refractivity contribution in [1.29, 1.82) is 0 Å². The highest BCUT2D eigenvalue weighted by atomic mass is 19.4. The monoisotopic (exact) mass is 260 g/mol. The highest BCUT2D eigenvalue weighted by Gasteiger charge is 2.33. The van der Waals surface area contributed by atoms with E-state index in [0.29, 0.717) is 13.0 Å². The van der Waals surface area contributed by atoms with E-state index in [-0.39, 0.29) is 5.69 Å². The molecule has 0 heterocycles. The van der Waals surface area contributed by atoms with Crippen molar-refractivity contribution in [2.75, 3.05) is 11.9 Å². The van der Waals surface area contributed by atoms with Crippen LogP contribution in [0, 0.1) is 5.92 Å². The van der Waals surface area contributed by atoms with Crippen LogP contribution in [0.2, 0.25) is 0 Å². The van der Waals surface area contributed by atoms with Gasteiger partial charge in [0.1, 0.15) is 0 Å². The second-order valence-corrected chi connectivity index (χ2v) is 4.01. The number of nitrogens with two attached hydrogens (primary N) is 1. The third-order valence-corrected chi connectivity index (χ3v) is 2.54. The molecule has 6 heteroatoms. The van der Waals surface area contributed by atoms with Crippen LogP contribution in [0.5, 0.6) is 0 Å². The van der Waals surface area contributed by atoms with Gasteiger partial charge in [0.25, 0.3) is 0 Å². The van der Waals surface area contributed by atoms with Gasteiger partial charge in [-0.3, -0.25) is 4.79 Å². The zero-order valence-corrected chi connectivity index (χ0v) is 9.92. The van der Waals surface area contributed by atoms with Gasteiger partial charge in [0, 0.05) is 5.92 Å². The van der Waals surface area contributed by atoms with Crippen LogP contribution in [0.1, 0.15) is 18.9 Å². The largest absolute Gasteiger partial charge is 0.418 e. The van der Waals surface area contributed by atoms with Gasteiger partial charge in [-0.2, -0.15) is 13.2 Å². The predicted octanol–water partition coefficient (Wildman–Crippen LogP) is 2.63. The zero-order chi connectivity index (χ0) is 13.8. The van der Waals surface area contributed by atoms with Crippen LogP contribution in [-0.2, 0) is 11.0 Å². The van der Waals surface area contributed by atoms with E-state index in [1.54, 1.807) is 6.92 Å². The van der Waals surface area contributed by atoms with E-state index in [1.807, 2.05) is 0 Å². The van der Waals surface area contributed by atoms with Gasteiger partial charge in [-0.05, 0) is 25.1 Å². The SMILES string of the molecule is CC(CCN)C(=O)Nc1ccccc1C(F)(F)F. The molecule has 1 amide bonds. The third kappa shape index (κ3) is 3.73. The molecule has 0 radical (unpaired) electrons. The molecule has 0 bridgehead atoms. The van der Waals surface area contributed by atoms with E-state index in [9.17, 15) is 18.0 Å². The summed E-state index contributed by atoms with van der Waals surface area (Å²) in [5.74, 6) is -0.881. The van der Waals surface area contributed by atoms with Crippen LogP contribution in [-0.4, -0.2) is 12.5 Å². The highest BCUT2D eigenvalue weighted by Crippen LogP contribution is 2.34. The van der Waals surface area contributed by atoms with Gasteiger partial charge in [0.05, 0.1) is 11.3 Å². The summed E-state index contributed by atoms with van der Waals surface area (Å²) in [7, 11) is 0. The molecular formula is C12H15F3N2O. The molecule has 1 aromatic rings. The summed E-state index contributed by atoms with van der Waals surface area (Å²) >= 11 is 0. The average Bonchev–Trinajstić information content (AvgIpc) is 2.28. The lowest BCUT2D eigenvalue weighted by Crippen LogP contribution is -2.24. The molecular weight excluding hydrogens is 245 g/mol. The summed E-state index contributed by atoms with van der Waals surface area (Å²) in [5.41, 5.74) is 4.23. The second kappa shape index (κ2) is 5.86. The Hall–Kier alpha value is -1.56. The predicted molar refractivity (Wildman–Crippen MR) is 62.9 cm³/mol. The number of halogens is 3. The fraction of sp³-hybridized carbons (Fsp3) is 0.417. The van der Waals surface area contributed by atoms with Crippen molar-refractivity contribution in [2.24, 2.45) is 11.7 Å². The number of alkyl halides is 3. The Morgan fingerprint density at radius 3 is 2.56 bits per heavy atom. The summed E-state index contributed by atoms with van der Waals surface area (Å²) in [6.07, 6.45) is -4.05. The Labute approximate surface area is 103 Å². The van der Waals surface area contributed by atoms with E-state index in [4.69, 9.17) is 5.73 Å². The summed E-state index contributed by atoms with van der Waals surface area (Å²) in [6.45, 7) is 1.94. The number of carbonyl (C=O) groups is 1. The van der Waals surface area contributed by atoms with Crippen LogP contribution < -0.4 is 11.1 Å². The molecule has 3 nitrogen and oxygen atoms in total. The normalized spacial score (nSPS) is 13.2. The van der Waals surface area contributed by atoms with Crippen molar-refractivity contribution >= 4 is 11.6 Å². The Morgan fingerprint density at radius 2 is 2.00 bits per heavy atom. The topological polar surface area (TPSA) is 55.1 Å². The molecule has 0 saturated carbocycles. The molecule has 0 fully saturated rings. The number of rotatable bonds is 4. The number of nitrogens with one attached hydrogen (secondary N) is 1. The number of hydrogen-bond acceptors (Lipinski definition) is 2.